The number of nitrogens with zero attached hydrogens (tertiary/aromatic N) is 1. The quantitative estimate of drug-likeness (QED) is 0.253. The largest absolute Gasteiger partial charge is 0.331 e. The van der Waals surface area contributed by atoms with Gasteiger partial charge in [-0.15, -0.1) is 0 Å². The van der Waals surface area contributed by atoms with E-state index >= 15 is 0 Å². The van der Waals surface area contributed by atoms with Gasteiger partial charge in [-0.2, -0.15) is 0 Å². The van der Waals surface area contributed by atoms with Crippen molar-refractivity contribution in [1.82, 2.24) is 0 Å². The Morgan fingerprint density at radius 1 is 0.964 bits per heavy atom. The minimum absolute atomic E-state index is 0.164. The third-order valence-corrected chi connectivity index (χ3v) is 5.86. The average molecular weight is 396 g/mol. The summed E-state index contributed by atoms with van der Waals surface area (Å²) in [6.45, 7) is 1.29. The second kappa shape index (κ2) is 10.2. The van der Waals surface area contributed by atoms with Gasteiger partial charge < -0.3 is 4.84 Å². The van der Waals surface area contributed by atoms with E-state index in [-0.39, 0.29) is 5.78 Å². The van der Waals surface area contributed by atoms with Crippen LogP contribution in [0.1, 0.15) is 55.8 Å². The molecule has 5 heteroatoms. The van der Waals surface area contributed by atoms with Gasteiger partial charge in [0.05, 0.1) is 0 Å². The van der Waals surface area contributed by atoms with Crippen molar-refractivity contribution < 1.29 is 14.4 Å². The molecule has 0 heterocycles. The van der Waals surface area contributed by atoms with Gasteiger partial charge in [-0.25, -0.2) is 4.79 Å². The summed E-state index contributed by atoms with van der Waals surface area (Å²) in [5.41, 5.74) is 0.907. The first kappa shape index (κ1) is 20.3. The van der Waals surface area contributed by atoms with Gasteiger partial charge in [0.1, 0.15) is 5.71 Å². The van der Waals surface area contributed by atoms with Crippen molar-refractivity contribution in [2.45, 2.75) is 55.2 Å². The summed E-state index contributed by atoms with van der Waals surface area (Å²) in [6.07, 6.45) is 6.38. The van der Waals surface area contributed by atoms with Crippen LogP contribution in [0.5, 0.6) is 0 Å². The Morgan fingerprint density at radius 3 is 2.25 bits per heavy atom. The summed E-state index contributed by atoms with van der Waals surface area (Å²) in [5, 5.41) is 3.90. The molecule has 146 valence electrons. The van der Waals surface area contributed by atoms with Gasteiger partial charge in [0.25, 0.3) is 0 Å². The molecule has 0 bridgehead atoms. The second-order valence-corrected chi connectivity index (χ2v) is 8.24. The molecule has 4 nitrogen and oxygen atoms in total. The molecule has 2 aromatic rings. The summed E-state index contributed by atoms with van der Waals surface area (Å²) in [7, 11) is 0. The first-order valence-corrected chi connectivity index (χ1v) is 10.6. The first-order chi connectivity index (χ1) is 13.6. The lowest BCUT2D eigenvalue weighted by Crippen LogP contribution is -2.21. The van der Waals surface area contributed by atoms with Crippen molar-refractivity contribution in [3.63, 3.8) is 0 Å². The molecule has 0 aliphatic heterocycles. The topological polar surface area (TPSA) is 55.7 Å². The monoisotopic (exact) mass is 395 g/mol. The molecule has 1 aliphatic rings. The van der Waals surface area contributed by atoms with Crippen LogP contribution in [-0.2, 0) is 9.63 Å². The smallest absolute Gasteiger partial charge is 0.318 e. The highest BCUT2D eigenvalue weighted by Crippen LogP contribution is 2.29. The predicted octanol–water partition coefficient (Wildman–Crippen LogP) is 5.91. The predicted molar refractivity (Wildman–Crippen MR) is 112 cm³/mol. The van der Waals surface area contributed by atoms with Crippen molar-refractivity contribution in [3.05, 3.63) is 60.2 Å². The third kappa shape index (κ3) is 6.06. The van der Waals surface area contributed by atoms with Gasteiger partial charge >= 0.3 is 5.97 Å². The van der Waals surface area contributed by atoms with E-state index < -0.39 is 5.97 Å². The number of hydrogen-bond donors (Lipinski definition) is 0. The van der Waals surface area contributed by atoms with Crippen LogP contribution in [0.2, 0.25) is 0 Å². The zero-order chi connectivity index (χ0) is 19.8. The van der Waals surface area contributed by atoms with Gasteiger partial charge in [-0.1, -0.05) is 67.2 Å². The molecule has 28 heavy (non-hydrogen) atoms. The Kier molecular flexibility index (Phi) is 7.43. The maximum Gasteiger partial charge on any atom is 0.331 e. The molecule has 1 fully saturated rings. The lowest BCUT2D eigenvalue weighted by atomic mass is 9.84. The number of ketones is 1. The molecule has 0 aromatic heterocycles. The Labute approximate surface area is 170 Å². The van der Waals surface area contributed by atoms with Gasteiger partial charge in [0.2, 0.25) is 5.78 Å². The zero-order valence-electron chi connectivity index (χ0n) is 16.1. The number of hydrogen-bond acceptors (Lipinski definition) is 5. The van der Waals surface area contributed by atoms with Crippen LogP contribution >= 0.6 is 11.8 Å². The number of oxime groups is 1. The molecule has 2 aromatic carbocycles. The fraction of sp³-hybridized carbons (Fsp3) is 0.348. The van der Waals surface area contributed by atoms with Gasteiger partial charge in [0, 0.05) is 22.3 Å². The highest BCUT2D eigenvalue weighted by Gasteiger charge is 2.22. The molecule has 0 atom stereocenters. The van der Waals surface area contributed by atoms with E-state index in [0.29, 0.717) is 23.6 Å². The molecule has 1 aliphatic carbocycles. The zero-order valence-corrected chi connectivity index (χ0v) is 16.9. The highest BCUT2D eigenvalue weighted by molar-refractivity contribution is 7.99. The summed E-state index contributed by atoms with van der Waals surface area (Å²) < 4.78 is 0. The molecule has 0 amide bonds. The highest BCUT2D eigenvalue weighted by atomic mass is 32.2. The molecule has 0 radical (unpaired) electrons. The minimum Gasteiger partial charge on any atom is -0.318 e. The summed E-state index contributed by atoms with van der Waals surface area (Å²) >= 11 is 1.65. The van der Waals surface area contributed by atoms with Gasteiger partial charge in [-0.3, -0.25) is 4.79 Å². The van der Waals surface area contributed by atoms with Gasteiger partial charge in [-0.05, 0) is 48.7 Å². The molecule has 0 spiro atoms. The molecule has 0 N–H and O–H groups in total. The number of benzene rings is 2. The number of carbonyl (C=O) groups is 2. The van der Waals surface area contributed by atoms with Crippen LogP contribution in [0, 0.1) is 5.92 Å². The molecule has 0 unspecified atom stereocenters. The fourth-order valence-corrected chi connectivity index (χ4v) is 4.26. The van der Waals surface area contributed by atoms with Crippen molar-refractivity contribution in [3.8, 4) is 0 Å². The van der Waals surface area contributed by atoms with Crippen LogP contribution < -0.4 is 0 Å². The fourth-order valence-electron chi connectivity index (χ4n) is 3.42. The van der Waals surface area contributed by atoms with Crippen LogP contribution in [0.3, 0.4) is 0 Å². The SMILES string of the molecule is CC(=O)ON=C(CC1CCCCC1)C(=O)c1ccc(Sc2ccccc2)cc1. The summed E-state index contributed by atoms with van der Waals surface area (Å²) in [4.78, 5) is 31.2. The molecule has 0 saturated heterocycles. The number of rotatable bonds is 7. The van der Waals surface area contributed by atoms with Gasteiger partial charge in [0.15, 0.2) is 0 Å². The second-order valence-electron chi connectivity index (χ2n) is 7.10. The van der Waals surface area contributed by atoms with Crippen molar-refractivity contribution in [1.29, 1.82) is 0 Å². The molecule has 1 saturated carbocycles. The van der Waals surface area contributed by atoms with E-state index in [0.717, 1.165) is 22.6 Å². The molecular formula is C23H25NO3S. The van der Waals surface area contributed by atoms with Crippen LogP contribution in [0.25, 0.3) is 0 Å². The Morgan fingerprint density at radius 2 is 1.61 bits per heavy atom. The minimum atomic E-state index is -0.511. The molecule has 3 rings (SSSR count). The number of carbonyl (C=O) groups excluding carboxylic acids is 2. The van der Waals surface area contributed by atoms with E-state index in [2.05, 4.69) is 17.3 Å². The Hall–Kier alpha value is -2.40. The van der Waals surface area contributed by atoms with E-state index in [4.69, 9.17) is 4.84 Å². The third-order valence-electron chi connectivity index (χ3n) is 4.85. The standard InChI is InChI=1S/C23H25NO3S/c1-17(25)27-24-22(16-18-8-4-2-5-9-18)23(26)19-12-14-21(15-13-19)28-20-10-6-3-7-11-20/h3,6-7,10-15,18H,2,4-5,8-9,16H2,1H3. The van der Waals surface area contributed by atoms with Crippen molar-refractivity contribution in [2.24, 2.45) is 11.1 Å². The first-order valence-electron chi connectivity index (χ1n) is 9.74. The lowest BCUT2D eigenvalue weighted by Gasteiger charge is -2.21. The van der Waals surface area contributed by atoms with Crippen LogP contribution in [-0.4, -0.2) is 17.5 Å². The van der Waals surface area contributed by atoms with Crippen LogP contribution in [0.4, 0.5) is 0 Å². The van der Waals surface area contributed by atoms with E-state index in [9.17, 15) is 9.59 Å². The Balaban J connectivity index is 1.71. The maximum absolute atomic E-state index is 13.0. The number of Topliss-reactive ketones (excluding diaryl/α,β-unsaturated/α-hetero) is 1. The van der Waals surface area contributed by atoms with E-state index in [1.807, 2.05) is 42.5 Å². The molecular weight excluding hydrogens is 370 g/mol. The maximum atomic E-state index is 13.0. The van der Waals surface area contributed by atoms with Crippen LogP contribution in [0.15, 0.2) is 69.5 Å². The lowest BCUT2D eigenvalue weighted by molar-refractivity contribution is -0.140. The Bertz CT molecular complexity index is 825. The van der Waals surface area contributed by atoms with Crippen molar-refractivity contribution >= 4 is 29.2 Å². The summed E-state index contributed by atoms with van der Waals surface area (Å²) in [6, 6.07) is 17.6. The average Bonchev–Trinajstić information content (AvgIpc) is 2.72. The summed E-state index contributed by atoms with van der Waals surface area (Å²) in [5.74, 6) is -0.244. The van der Waals surface area contributed by atoms with Crippen molar-refractivity contribution in [2.75, 3.05) is 0 Å². The van der Waals surface area contributed by atoms with E-state index in [1.165, 1.54) is 26.2 Å². The normalized spacial score (nSPS) is 15.2. The van der Waals surface area contributed by atoms with E-state index in [1.54, 1.807) is 11.8 Å².